The van der Waals surface area contributed by atoms with Crippen molar-refractivity contribution in [3.8, 4) is 22.9 Å². The van der Waals surface area contributed by atoms with E-state index in [0.717, 1.165) is 60.9 Å². The highest BCUT2D eigenvalue weighted by Gasteiger charge is 2.27. The van der Waals surface area contributed by atoms with Crippen LogP contribution in [-0.2, 0) is 0 Å². The molecule has 11 aromatic carbocycles. The molecule has 4 heterocycles. The van der Waals surface area contributed by atoms with Gasteiger partial charge in [-0.1, -0.05) is 127 Å². The highest BCUT2D eigenvalue weighted by Crippen LogP contribution is 2.50. The SMILES string of the molecule is c1ccc(-n2c3ccccc3c3cc(-c4nc(-n5c6cccc7c8ccccc8c8ccc9c%10ccccc%10c%10cc5c(c8c9%10)c76)nc5c4oc4ccccc45)ccc32)cc1. The molecule has 0 atom stereocenters. The van der Waals surface area contributed by atoms with Gasteiger partial charge in [-0.25, -0.2) is 9.97 Å². The zero-order valence-electron chi connectivity index (χ0n) is 32.5. The second-order valence-corrected chi connectivity index (χ2v) is 16.4. The first-order valence-electron chi connectivity index (χ1n) is 20.8. The van der Waals surface area contributed by atoms with Gasteiger partial charge in [-0.3, -0.25) is 4.57 Å². The molecule has 15 aromatic rings. The van der Waals surface area contributed by atoms with E-state index in [-0.39, 0.29) is 0 Å². The molecule has 0 aliphatic carbocycles. The van der Waals surface area contributed by atoms with Crippen molar-refractivity contribution in [3.05, 3.63) is 182 Å². The zero-order chi connectivity index (χ0) is 39.5. The number of para-hydroxylation sites is 3. The van der Waals surface area contributed by atoms with Crippen LogP contribution in [0.1, 0.15) is 0 Å². The zero-order valence-corrected chi connectivity index (χ0v) is 32.5. The van der Waals surface area contributed by atoms with Crippen molar-refractivity contribution in [2.45, 2.75) is 0 Å². The molecule has 61 heavy (non-hydrogen) atoms. The van der Waals surface area contributed by atoms with Crippen LogP contribution in [0.5, 0.6) is 0 Å². The smallest absolute Gasteiger partial charge is 0.236 e. The number of fused-ring (bicyclic) bond motifs is 12. The number of hydrogen-bond donors (Lipinski definition) is 0. The Morgan fingerprint density at radius 2 is 0.951 bits per heavy atom. The minimum Gasteiger partial charge on any atom is -0.452 e. The van der Waals surface area contributed by atoms with E-state index in [2.05, 4.69) is 179 Å². The van der Waals surface area contributed by atoms with E-state index in [1.54, 1.807) is 0 Å². The number of rotatable bonds is 3. The summed E-state index contributed by atoms with van der Waals surface area (Å²) in [4.78, 5) is 11.1. The summed E-state index contributed by atoms with van der Waals surface area (Å²) >= 11 is 0. The largest absolute Gasteiger partial charge is 0.452 e. The van der Waals surface area contributed by atoms with Crippen LogP contribution in [0.3, 0.4) is 0 Å². The Balaban J connectivity index is 1.11. The maximum Gasteiger partial charge on any atom is 0.236 e. The Labute approximate surface area is 346 Å². The van der Waals surface area contributed by atoms with Crippen LogP contribution in [0.25, 0.3) is 142 Å². The number of nitrogens with zero attached hydrogens (tertiary/aromatic N) is 4. The van der Waals surface area contributed by atoms with Gasteiger partial charge in [0, 0.05) is 43.6 Å². The van der Waals surface area contributed by atoms with Gasteiger partial charge in [-0.15, -0.1) is 0 Å². The predicted octanol–water partition coefficient (Wildman–Crippen LogP) is 14.9. The van der Waals surface area contributed by atoms with Gasteiger partial charge in [-0.2, -0.15) is 0 Å². The first-order chi connectivity index (χ1) is 30.3. The predicted molar refractivity (Wildman–Crippen MR) is 253 cm³/mol. The molecule has 0 saturated carbocycles. The second kappa shape index (κ2) is 11.3. The Bertz CT molecular complexity index is 4340. The number of furan rings is 1. The average molecular weight is 775 g/mol. The van der Waals surface area contributed by atoms with E-state index in [1.165, 1.54) is 70.0 Å². The van der Waals surface area contributed by atoms with E-state index in [1.807, 2.05) is 12.1 Å². The highest BCUT2D eigenvalue weighted by molar-refractivity contribution is 6.44. The van der Waals surface area contributed by atoms with E-state index in [4.69, 9.17) is 14.4 Å². The van der Waals surface area contributed by atoms with Crippen LogP contribution in [0.4, 0.5) is 0 Å². The first kappa shape index (κ1) is 31.7. The van der Waals surface area contributed by atoms with Gasteiger partial charge in [0.2, 0.25) is 5.95 Å². The molecule has 0 aliphatic heterocycles. The standard InChI is InChI=1S/C56H30N4O/c1-2-13-32(14-3-1)59-44-22-10-8-19-37(44)42-29-31(25-28-45(42)59)53-55-54(41-20-9-11-24-48(41)61-55)58-56(57-53)60-46-23-12-21-38-33-15-4-5-16-34(33)40-27-26-39-35-17-6-7-18-36(35)43-30-47(60)52(50(38)46)51(40)49(39)43/h1-30H. The number of hydrogen-bond acceptors (Lipinski definition) is 3. The lowest BCUT2D eigenvalue weighted by atomic mass is 9.97. The summed E-state index contributed by atoms with van der Waals surface area (Å²) in [5.41, 5.74) is 9.58. The van der Waals surface area contributed by atoms with Crippen LogP contribution in [0.2, 0.25) is 0 Å². The Kier molecular flexibility index (Phi) is 5.85. The minimum absolute atomic E-state index is 0.613. The molecule has 280 valence electrons. The number of aromatic nitrogens is 4. The van der Waals surface area contributed by atoms with E-state index in [9.17, 15) is 0 Å². The lowest BCUT2D eigenvalue weighted by molar-refractivity contribution is 0.666. The molecular weight excluding hydrogens is 745 g/mol. The molecular formula is C56H30N4O. The van der Waals surface area contributed by atoms with Gasteiger partial charge in [0.1, 0.15) is 16.8 Å². The molecule has 0 amide bonds. The maximum atomic E-state index is 6.74. The van der Waals surface area contributed by atoms with Crippen molar-refractivity contribution in [1.29, 1.82) is 0 Å². The topological polar surface area (TPSA) is 48.8 Å². The van der Waals surface area contributed by atoms with Gasteiger partial charge >= 0.3 is 0 Å². The van der Waals surface area contributed by atoms with Gasteiger partial charge in [0.15, 0.2) is 5.58 Å². The Morgan fingerprint density at radius 1 is 0.344 bits per heavy atom. The summed E-state index contributed by atoms with van der Waals surface area (Å²) in [6.45, 7) is 0. The van der Waals surface area contributed by atoms with Crippen molar-refractivity contribution < 1.29 is 4.42 Å². The van der Waals surface area contributed by atoms with Crippen LogP contribution >= 0.6 is 0 Å². The highest BCUT2D eigenvalue weighted by atomic mass is 16.3. The van der Waals surface area contributed by atoms with Crippen LogP contribution in [0.15, 0.2) is 186 Å². The quantitative estimate of drug-likeness (QED) is 0.180. The first-order valence-corrected chi connectivity index (χ1v) is 20.8. The normalized spacial score (nSPS) is 12.6. The fraction of sp³-hybridized carbons (Fsp3) is 0. The maximum absolute atomic E-state index is 6.74. The molecule has 0 unspecified atom stereocenters. The summed E-state index contributed by atoms with van der Waals surface area (Å²) in [6, 6.07) is 65.7. The van der Waals surface area contributed by atoms with Gasteiger partial charge in [0.25, 0.3) is 0 Å². The lowest BCUT2D eigenvalue weighted by Crippen LogP contribution is -2.03. The Morgan fingerprint density at radius 3 is 1.74 bits per heavy atom. The van der Waals surface area contributed by atoms with Crippen molar-refractivity contribution >= 4 is 120 Å². The third-order valence-electron chi connectivity index (χ3n) is 13.4. The van der Waals surface area contributed by atoms with Gasteiger partial charge in [0.05, 0.1) is 22.1 Å². The third kappa shape index (κ3) is 3.96. The molecule has 0 aliphatic rings. The fourth-order valence-electron chi connectivity index (χ4n) is 11.0. The Hall–Kier alpha value is -8.28. The fourth-order valence-corrected chi connectivity index (χ4v) is 11.0. The minimum atomic E-state index is 0.613. The monoisotopic (exact) mass is 774 g/mol. The van der Waals surface area contributed by atoms with Gasteiger partial charge < -0.3 is 8.98 Å². The van der Waals surface area contributed by atoms with Crippen molar-refractivity contribution in [2.24, 2.45) is 0 Å². The van der Waals surface area contributed by atoms with Crippen LogP contribution < -0.4 is 0 Å². The lowest BCUT2D eigenvalue weighted by Gasteiger charge is -2.11. The molecule has 0 bridgehead atoms. The molecule has 0 radical (unpaired) electrons. The number of benzene rings is 9. The van der Waals surface area contributed by atoms with E-state index >= 15 is 0 Å². The molecule has 0 N–H and O–H groups in total. The van der Waals surface area contributed by atoms with Crippen LogP contribution in [-0.4, -0.2) is 19.1 Å². The molecule has 0 fully saturated rings. The van der Waals surface area contributed by atoms with E-state index < -0.39 is 0 Å². The van der Waals surface area contributed by atoms with Gasteiger partial charge in [-0.05, 0) is 103 Å². The molecule has 4 aromatic heterocycles. The summed E-state index contributed by atoms with van der Waals surface area (Å²) < 4.78 is 11.4. The second-order valence-electron chi connectivity index (χ2n) is 16.4. The molecule has 15 rings (SSSR count). The summed E-state index contributed by atoms with van der Waals surface area (Å²) in [7, 11) is 0. The average Bonchev–Trinajstić information content (AvgIpc) is 4.04. The van der Waals surface area contributed by atoms with E-state index in [0.29, 0.717) is 11.5 Å². The van der Waals surface area contributed by atoms with Crippen LogP contribution in [0, 0.1) is 0 Å². The summed E-state index contributed by atoms with van der Waals surface area (Å²) in [5, 5.41) is 18.4. The van der Waals surface area contributed by atoms with Crippen molar-refractivity contribution in [2.75, 3.05) is 0 Å². The molecule has 5 heteroatoms. The molecule has 0 saturated heterocycles. The van der Waals surface area contributed by atoms with Crippen molar-refractivity contribution in [3.63, 3.8) is 0 Å². The summed E-state index contributed by atoms with van der Waals surface area (Å²) in [5.74, 6) is 0.613. The molecule has 0 spiro atoms. The third-order valence-corrected chi connectivity index (χ3v) is 13.4. The van der Waals surface area contributed by atoms with Crippen molar-refractivity contribution in [1.82, 2.24) is 19.1 Å². The molecule has 5 nitrogen and oxygen atoms in total. The summed E-state index contributed by atoms with van der Waals surface area (Å²) in [6.07, 6.45) is 0.